The molecule has 3 fully saturated rings. The minimum absolute atomic E-state index is 0.121. The topological polar surface area (TPSA) is 53.8 Å². The minimum Gasteiger partial charge on any atom is -0.393 e. The third-order valence-corrected chi connectivity index (χ3v) is 6.14. The smallest absolute Gasteiger partial charge is 0.0952 e. The lowest BCUT2D eigenvalue weighted by atomic mass is 9.92. The van der Waals surface area contributed by atoms with Crippen LogP contribution in [0.3, 0.4) is 0 Å². The molecule has 0 bridgehead atoms. The van der Waals surface area contributed by atoms with Crippen LogP contribution in [0.5, 0.6) is 0 Å². The monoisotopic (exact) mass is 378 g/mol. The molecule has 2 saturated heterocycles. The van der Waals surface area contributed by atoms with Gasteiger partial charge < -0.3 is 19.3 Å². The molecule has 4 rings (SSSR count). The van der Waals surface area contributed by atoms with Gasteiger partial charge in [0.2, 0.25) is 0 Å². The quantitative estimate of drug-likeness (QED) is 0.854. The maximum absolute atomic E-state index is 9.36. The fourth-order valence-corrected chi connectivity index (χ4v) is 4.31. The number of imidazole rings is 1. The minimum atomic E-state index is -0.121. The van der Waals surface area contributed by atoms with E-state index >= 15 is 0 Å². The average Bonchev–Trinajstić information content (AvgIpc) is 3.13. The molecule has 2 aliphatic heterocycles. The predicted molar refractivity (Wildman–Crippen MR) is 108 cm³/mol. The van der Waals surface area contributed by atoms with E-state index in [0.29, 0.717) is 18.2 Å². The third kappa shape index (κ3) is 5.76. The van der Waals surface area contributed by atoms with Crippen LogP contribution in [-0.2, 0) is 11.3 Å². The molecular formula is C21H38N4O2. The van der Waals surface area contributed by atoms with Crippen LogP contribution in [0.4, 0.5) is 0 Å². The van der Waals surface area contributed by atoms with Crippen molar-refractivity contribution in [1.82, 2.24) is 19.4 Å². The number of piperidine rings is 2. The predicted octanol–water partition coefficient (Wildman–Crippen LogP) is 2.68. The Bertz CT molecular complexity index is 542. The number of aliphatic hydroxyl groups is 1. The Morgan fingerprint density at radius 1 is 1.04 bits per heavy atom. The number of hydrogen-bond acceptors (Lipinski definition) is 5. The van der Waals surface area contributed by atoms with Gasteiger partial charge in [-0.05, 0) is 58.7 Å². The highest BCUT2D eigenvalue weighted by molar-refractivity contribution is 4.99. The highest BCUT2D eigenvalue weighted by Gasteiger charge is 2.31. The lowest BCUT2D eigenvalue weighted by Crippen LogP contribution is -2.42. The lowest BCUT2D eigenvalue weighted by Gasteiger charge is -2.38. The number of rotatable bonds is 5. The standard InChI is InChI=1S/C19H32N4O2.C2H6/c1-21-6-2-16(3-7-21)23-13-15(20-14-23)12-22-8-4-18(5-9-22)25-19-10-17(24)11-19;1-2/h13-14,16-19,24H,2-12H2,1H3;1-2H3. The molecule has 27 heavy (non-hydrogen) atoms. The Labute approximate surface area is 164 Å². The molecule has 0 spiro atoms. The Balaban J connectivity index is 0.00000102. The molecule has 0 atom stereocenters. The number of nitrogens with zero attached hydrogens (tertiary/aromatic N) is 4. The van der Waals surface area contributed by atoms with Gasteiger partial charge in [-0.15, -0.1) is 0 Å². The van der Waals surface area contributed by atoms with Crippen molar-refractivity contribution >= 4 is 0 Å². The third-order valence-electron chi connectivity index (χ3n) is 6.14. The van der Waals surface area contributed by atoms with Gasteiger partial charge in [-0.3, -0.25) is 4.90 Å². The zero-order chi connectivity index (χ0) is 19.2. The first-order valence-electron chi connectivity index (χ1n) is 10.9. The molecule has 1 aliphatic carbocycles. The van der Waals surface area contributed by atoms with Gasteiger partial charge >= 0.3 is 0 Å². The van der Waals surface area contributed by atoms with Gasteiger partial charge in [0.1, 0.15) is 0 Å². The van der Waals surface area contributed by atoms with Crippen molar-refractivity contribution < 1.29 is 9.84 Å². The Morgan fingerprint density at radius 2 is 1.70 bits per heavy atom. The van der Waals surface area contributed by atoms with Crippen molar-refractivity contribution in [3.8, 4) is 0 Å². The van der Waals surface area contributed by atoms with Crippen molar-refractivity contribution in [2.45, 2.75) is 83.3 Å². The Hall–Kier alpha value is -0.950. The van der Waals surface area contributed by atoms with Gasteiger partial charge in [-0.25, -0.2) is 4.98 Å². The molecule has 1 saturated carbocycles. The normalized spacial score (nSPS) is 28.4. The molecule has 0 aromatic carbocycles. The summed E-state index contributed by atoms with van der Waals surface area (Å²) in [5.74, 6) is 0. The second-order valence-corrected chi connectivity index (χ2v) is 8.21. The van der Waals surface area contributed by atoms with Gasteiger partial charge in [0.05, 0.1) is 30.3 Å². The first-order valence-corrected chi connectivity index (χ1v) is 10.9. The molecule has 1 aromatic rings. The van der Waals surface area contributed by atoms with Crippen molar-refractivity contribution in [1.29, 1.82) is 0 Å². The van der Waals surface area contributed by atoms with Crippen molar-refractivity contribution in [3.05, 3.63) is 18.2 Å². The highest BCUT2D eigenvalue weighted by Crippen LogP contribution is 2.27. The Kier molecular flexibility index (Phi) is 7.70. The van der Waals surface area contributed by atoms with Crippen molar-refractivity contribution in [3.63, 3.8) is 0 Å². The summed E-state index contributed by atoms with van der Waals surface area (Å²) < 4.78 is 8.41. The van der Waals surface area contributed by atoms with Gasteiger partial charge in [-0.1, -0.05) is 13.8 Å². The number of ether oxygens (including phenoxy) is 1. The molecular weight excluding hydrogens is 340 g/mol. The summed E-state index contributed by atoms with van der Waals surface area (Å²) >= 11 is 0. The molecule has 6 heteroatoms. The maximum atomic E-state index is 9.36. The molecule has 1 aromatic heterocycles. The second kappa shape index (κ2) is 10.0. The fraction of sp³-hybridized carbons (Fsp3) is 0.857. The van der Waals surface area contributed by atoms with Crippen molar-refractivity contribution in [2.75, 3.05) is 33.2 Å². The molecule has 6 nitrogen and oxygen atoms in total. The molecule has 3 heterocycles. The van der Waals surface area contributed by atoms with Crippen molar-refractivity contribution in [2.24, 2.45) is 0 Å². The zero-order valence-corrected chi connectivity index (χ0v) is 17.4. The van der Waals surface area contributed by atoms with Gasteiger partial charge in [-0.2, -0.15) is 0 Å². The summed E-state index contributed by atoms with van der Waals surface area (Å²) in [7, 11) is 2.20. The van der Waals surface area contributed by atoms with E-state index in [9.17, 15) is 5.11 Å². The molecule has 1 N–H and O–H groups in total. The van der Waals surface area contributed by atoms with Gasteiger partial charge in [0.25, 0.3) is 0 Å². The van der Waals surface area contributed by atoms with Crippen LogP contribution in [-0.4, -0.2) is 76.0 Å². The summed E-state index contributed by atoms with van der Waals surface area (Å²) in [6, 6.07) is 0.620. The van der Waals surface area contributed by atoms with E-state index in [0.717, 1.165) is 45.3 Å². The van der Waals surface area contributed by atoms with E-state index < -0.39 is 0 Å². The van der Waals surface area contributed by atoms with Crippen LogP contribution in [0.25, 0.3) is 0 Å². The van der Waals surface area contributed by atoms with E-state index in [-0.39, 0.29) is 6.10 Å². The molecule has 3 aliphatic rings. The molecule has 0 radical (unpaired) electrons. The van der Waals surface area contributed by atoms with Crippen LogP contribution in [0.15, 0.2) is 12.5 Å². The van der Waals surface area contributed by atoms with E-state index in [1.165, 1.54) is 31.6 Å². The summed E-state index contributed by atoms with van der Waals surface area (Å²) in [5, 5.41) is 9.36. The van der Waals surface area contributed by atoms with Crippen LogP contribution in [0.2, 0.25) is 0 Å². The lowest BCUT2D eigenvalue weighted by molar-refractivity contribution is -0.117. The first kappa shape index (κ1) is 20.8. The van der Waals surface area contributed by atoms with Crippen LogP contribution in [0, 0.1) is 0 Å². The average molecular weight is 379 g/mol. The van der Waals surface area contributed by atoms with Crippen LogP contribution in [0.1, 0.15) is 64.1 Å². The van der Waals surface area contributed by atoms with Gasteiger partial charge in [0, 0.05) is 31.9 Å². The largest absolute Gasteiger partial charge is 0.393 e. The number of aliphatic hydroxyl groups excluding tert-OH is 1. The Morgan fingerprint density at radius 3 is 2.33 bits per heavy atom. The summed E-state index contributed by atoms with van der Waals surface area (Å²) in [5.41, 5.74) is 1.19. The maximum Gasteiger partial charge on any atom is 0.0952 e. The molecule has 0 unspecified atom stereocenters. The number of likely N-dealkylation sites (tertiary alicyclic amines) is 2. The summed E-state index contributed by atoms with van der Waals surface area (Å²) in [4.78, 5) is 9.56. The second-order valence-electron chi connectivity index (χ2n) is 8.21. The highest BCUT2D eigenvalue weighted by atomic mass is 16.5. The fourth-order valence-electron chi connectivity index (χ4n) is 4.31. The van der Waals surface area contributed by atoms with Crippen LogP contribution < -0.4 is 0 Å². The van der Waals surface area contributed by atoms with E-state index in [4.69, 9.17) is 4.74 Å². The molecule has 154 valence electrons. The van der Waals surface area contributed by atoms with Crippen LogP contribution >= 0.6 is 0 Å². The zero-order valence-electron chi connectivity index (χ0n) is 17.4. The van der Waals surface area contributed by atoms with Gasteiger partial charge in [0.15, 0.2) is 0 Å². The number of aromatic nitrogens is 2. The van der Waals surface area contributed by atoms with E-state index in [1.54, 1.807) is 0 Å². The first-order chi connectivity index (χ1) is 13.2. The molecule has 0 amide bonds. The van der Waals surface area contributed by atoms with E-state index in [1.807, 2.05) is 20.2 Å². The van der Waals surface area contributed by atoms with E-state index in [2.05, 4.69) is 32.6 Å². The number of hydrogen-bond donors (Lipinski definition) is 1. The summed E-state index contributed by atoms with van der Waals surface area (Å²) in [6.45, 7) is 9.49. The summed E-state index contributed by atoms with van der Waals surface area (Å²) in [6.07, 6.45) is 11.2. The SMILES string of the molecule is CC.CN1CCC(n2cnc(CN3CCC(OC4CC(O)C4)CC3)c2)CC1.